The average Bonchev–Trinajstić information content (AvgIpc) is 4.23. The maximum Gasteiger partial charge on any atom is 0.407 e. The minimum atomic E-state index is -0.833. The fraction of sp³-hybridized carbons (Fsp3) is 0.333. The van der Waals surface area contributed by atoms with E-state index in [9.17, 15) is 28.8 Å². The second-order valence-corrected chi connectivity index (χ2v) is 18.3. The third-order valence-corrected chi connectivity index (χ3v) is 13.2. The van der Waals surface area contributed by atoms with Gasteiger partial charge in [-0.25, -0.2) is 19.6 Å². The number of benzene rings is 4. The molecule has 362 valence electrons. The minimum Gasteiger partial charge on any atom is -0.453 e. The van der Waals surface area contributed by atoms with Gasteiger partial charge in [-0.15, -0.1) is 0 Å². The number of nitrogens with one attached hydrogen (secondary N) is 2. The number of likely N-dealkylation sites (tertiary alicyclic amines) is 2. The van der Waals surface area contributed by atoms with Crippen LogP contribution in [0.1, 0.15) is 97.8 Å². The third-order valence-electron chi connectivity index (χ3n) is 13.2. The maximum absolute atomic E-state index is 14.5. The summed E-state index contributed by atoms with van der Waals surface area (Å²) in [5.74, 6) is -0.689. The monoisotopic (exact) mass is 946 g/mol. The van der Waals surface area contributed by atoms with Crippen molar-refractivity contribution in [2.75, 3.05) is 27.3 Å². The van der Waals surface area contributed by atoms with Crippen molar-refractivity contribution in [3.05, 3.63) is 144 Å². The fourth-order valence-corrected chi connectivity index (χ4v) is 9.48. The molecule has 8 rings (SSSR count). The van der Waals surface area contributed by atoms with E-state index in [1.54, 1.807) is 79.9 Å². The van der Waals surface area contributed by atoms with Gasteiger partial charge in [0.15, 0.2) is 0 Å². The van der Waals surface area contributed by atoms with E-state index in [1.807, 2.05) is 88.4 Å². The van der Waals surface area contributed by atoms with Crippen LogP contribution < -0.4 is 10.6 Å². The predicted molar refractivity (Wildman–Crippen MR) is 262 cm³/mol. The highest BCUT2D eigenvalue weighted by molar-refractivity contribution is 6.00. The summed E-state index contributed by atoms with van der Waals surface area (Å²) in [6.45, 7) is 8.30. The average molecular weight is 947 g/mol. The lowest BCUT2D eigenvalue weighted by molar-refractivity contribution is -0.136. The van der Waals surface area contributed by atoms with Crippen LogP contribution in [0, 0.1) is 11.8 Å². The molecule has 2 saturated heterocycles. The summed E-state index contributed by atoms with van der Waals surface area (Å²) in [4.78, 5) is 94.7. The molecule has 0 unspecified atom stereocenters. The van der Waals surface area contributed by atoms with Gasteiger partial charge in [-0.1, -0.05) is 113 Å². The number of alkyl carbamates (subject to hydrolysis) is 2. The Morgan fingerprint density at radius 3 is 1.19 bits per heavy atom. The van der Waals surface area contributed by atoms with Gasteiger partial charge >= 0.3 is 12.2 Å². The lowest BCUT2D eigenvalue weighted by Gasteiger charge is -2.30. The normalized spacial score (nSPS) is 16.5. The highest BCUT2D eigenvalue weighted by Gasteiger charge is 2.41. The molecular formula is C54H58N8O8. The van der Waals surface area contributed by atoms with E-state index >= 15 is 0 Å². The summed E-state index contributed by atoms with van der Waals surface area (Å²) >= 11 is 0. The van der Waals surface area contributed by atoms with Gasteiger partial charge in [0.25, 0.3) is 11.8 Å². The summed E-state index contributed by atoms with van der Waals surface area (Å²) < 4.78 is 12.8. The molecule has 2 aliphatic rings. The van der Waals surface area contributed by atoms with Crippen LogP contribution in [0.4, 0.5) is 9.59 Å². The lowest BCUT2D eigenvalue weighted by atomic mass is 10.0. The first-order chi connectivity index (χ1) is 33.8. The first-order valence-electron chi connectivity index (χ1n) is 23.7. The van der Waals surface area contributed by atoms with Crippen LogP contribution >= 0.6 is 0 Å². The summed E-state index contributed by atoms with van der Waals surface area (Å²) in [6.07, 6.45) is 4.50. The highest BCUT2D eigenvalue weighted by atomic mass is 16.5. The number of hydrogen-bond acceptors (Lipinski definition) is 10. The summed E-state index contributed by atoms with van der Waals surface area (Å²) in [5.41, 5.74) is 5.32. The first kappa shape index (κ1) is 48.6. The number of amides is 4. The Hall–Kier alpha value is -7.88. The Bertz CT molecular complexity index is 2660. The topological polar surface area (TPSA) is 187 Å². The number of carbonyl (C=O) groups is 6. The van der Waals surface area contributed by atoms with Gasteiger partial charge in [0.05, 0.1) is 50.1 Å². The fourth-order valence-electron chi connectivity index (χ4n) is 9.48. The molecule has 4 aromatic carbocycles. The molecule has 2 N–H and O–H groups in total. The van der Waals surface area contributed by atoms with Gasteiger partial charge in [-0.2, -0.15) is 0 Å². The predicted octanol–water partition coefficient (Wildman–Crippen LogP) is 8.55. The molecule has 70 heavy (non-hydrogen) atoms. The van der Waals surface area contributed by atoms with Gasteiger partial charge in [0.1, 0.15) is 23.7 Å². The highest BCUT2D eigenvalue weighted by Crippen LogP contribution is 2.38. The molecule has 2 aromatic heterocycles. The Kier molecular flexibility index (Phi) is 14.7. The van der Waals surface area contributed by atoms with Gasteiger partial charge in [0, 0.05) is 35.3 Å². The SMILES string of the molecule is COC(=O)N[C@H](C(=O)N1CCC[C@H]1c1ncc(-c2ccc(-c3ccc(-c4cnc([C@@H]5CCCN5C(=O)[C@@H](NC(=O)OC)C(C)C)n4C(=O)c4ccccc4)cc3)cc2)n1C(=O)c1ccccc1)C(C)C. The van der Waals surface area contributed by atoms with Crippen molar-refractivity contribution < 1.29 is 38.2 Å². The number of aromatic nitrogens is 4. The number of ether oxygens (including phenoxy) is 2. The van der Waals surface area contributed by atoms with E-state index in [0.29, 0.717) is 72.9 Å². The van der Waals surface area contributed by atoms with E-state index < -0.39 is 36.4 Å². The zero-order valence-electron chi connectivity index (χ0n) is 40.2. The van der Waals surface area contributed by atoms with Crippen molar-refractivity contribution in [1.29, 1.82) is 0 Å². The quantitative estimate of drug-likeness (QED) is 0.114. The zero-order valence-corrected chi connectivity index (χ0v) is 40.2. The molecule has 0 saturated carbocycles. The number of carbonyl (C=O) groups excluding carboxylic acids is 6. The maximum atomic E-state index is 14.5. The van der Waals surface area contributed by atoms with Gasteiger partial charge in [-0.3, -0.25) is 28.3 Å². The molecule has 4 heterocycles. The summed E-state index contributed by atoms with van der Waals surface area (Å²) in [6, 6.07) is 30.8. The van der Waals surface area contributed by atoms with E-state index in [4.69, 9.17) is 19.4 Å². The molecule has 0 radical (unpaired) electrons. The third kappa shape index (κ3) is 9.84. The van der Waals surface area contributed by atoms with Crippen molar-refractivity contribution in [2.24, 2.45) is 11.8 Å². The van der Waals surface area contributed by atoms with Crippen molar-refractivity contribution in [2.45, 2.75) is 77.5 Å². The van der Waals surface area contributed by atoms with Crippen molar-refractivity contribution >= 4 is 35.8 Å². The summed E-state index contributed by atoms with van der Waals surface area (Å²) in [5, 5.41) is 5.38. The molecule has 6 aromatic rings. The number of imidazole rings is 2. The van der Waals surface area contributed by atoms with Crippen LogP contribution in [-0.2, 0) is 19.1 Å². The van der Waals surface area contributed by atoms with Crippen LogP contribution in [-0.4, -0.2) is 104 Å². The molecule has 0 aliphatic carbocycles. The Labute approximate surface area is 407 Å². The molecule has 0 spiro atoms. The Morgan fingerprint density at radius 1 is 0.514 bits per heavy atom. The smallest absolute Gasteiger partial charge is 0.407 e. The Morgan fingerprint density at radius 2 is 0.857 bits per heavy atom. The molecule has 2 aliphatic heterocycles. The van der Waals surface area contributed by atoms with Crippen molar-refractivity contribution in [3.63, 3.8) is 0 Å². The van der Waals surface area contributed by atoms with Crippen LogP contribution in [0.5, 0.6) is 0 Å². The second kappa shape index (κ2) is 21.2. The Balaban J connectivity index is 1.10. The number of nitrogens with zero attached hydrogens (tertiary/aromatic N) is 6. The standard InChI is InChI=1S/C54H58N8O8/c1-33(2)45(57-53(67)69-5)51(65)59-29-13-19-41(59)47-55-31-43(61(47)49(63)39-15-9-7-10-16-39)37-25-21-35(22-26-37)36-23-27-38(28-24-36)44-32-56-48(62(44)50(64)40-17-11-8-12-18-40)42-20-14-30-60(42)52(66)46(34(3)4)58-54(68)70-6/h7-12,15-18,21-28,31-34,41-42,45-46H,13-14,19-20,29-30H2,1-6H3,(H,57,67)(H,58,68)/t41-,42-,45-,46-/m0/s1. The molecule has 16 heteroatoms. The number of methoxy groups -OCH3 is 2. The number of rotatable bonds is 13. The first-order valence-corrected chi connectivity index (χ1v) is 23.7. The molecule has 2 fully saturated rings. The van der Waals surface area contributed by atoms with Gasteiger partial charge in [-0.05, 0) is 72.9 Å². The second-order valence-electron chi connectivity index (χ2n) is 18.3. The lowest BCUT2D eigenvalue weighted by Crippen LogP contribution is -2.51. The van der Waals surface area contributed by atoms with Crippen LogP contribution in [0.15, 0.2) is 122 Å². The minimum absolute atomic E-state index is 0.224. The van der Waals surface area contributed by atoms with Crippen LogP contribution in [0.3, 0.4) is 0 Å². The van der Waals surface area contributed by atoms with Crippen LogP contribution in [0.2, 0.25) is 0 Å². The molecule has 16 nitrogen and oxygen atoms in total. The van der Waals surface area contributed by atoms with Crippen LogP contribution in [0.25, 0.3) is 33.6 Å². The van der Waals surface area contributed by atoms with E-state index in [-0.39, 0.29) is 35.5 Å². The largest absolute Gasteiger partial charge is 0.453 e. The molecular weight excluding hydrogens is 889 g/mol. The van der Waals surface area contributed by atoms with E-state index in [2.05, 4.69) is 10.6 Å². The van der Waals surface area contributed by atoms with Gasteiger partial charge in [0.2, 0.25) is 11.8 Å². The molecule has 4 atom stereocenters. The van der Waals surface area contributed by atoms with Gasteiger partial charge < -0.3 is 29.9 Å². The zero-order chi connectivity index (χ0) is 49.6. The van der Waals surface area contributed by atoms with Crippen molar-refractivity contribution in [3.8, 4) is 33.6 Å². The number of hydrogen-bond donors (Lipinski definition) is 2. The molecule has 0 bridgehead atoms. The summed E-state index contributed by atoms with van der Waals surface area (Å²) in [7, 11) is 2.51. The van der Waals surface area contributed by atoms with E-state index in [1.165, 1.54) is 14.2 Å². The van der Waals surface area contributed by atoms with Crippen molar-refractivity contribution in [1.82, 2.24) is 39.5 Å². The van der Waals surface area contributed by atoms with E-state index in [0.717, 1.165) is 22.3 Å². The molecule has 4 amide bonds.